The summed E-state index contributed by atoms with van der Waals surface area (Å²) in [6.07, 6.45) is 5.99. The second-order valence-corrected chi connectivity index (χ2v) is 2.02. The van der Waals surface area contributed by atoms with Gasteiger partial charge in [0.15, 0.2) is 6.29 Å². The minimum Gasteiger partial charge on any atom is -0.356 e. The molecule has 0 radical (unpaired) electrons. The molecule has 0 aliphatic carbocycles. The van der Waals surface area contributed by atoms with Gasteiger partial charge in [-0.15, -0.1) is 0 Å². The summed E-state index contributed by atoms with van der Waals surface area (Å²) in [6, 6.07) is 0. The summed E-state index contributed by atoms with van der Waals surface area (Å²) in [5, 5.41) is 0. The maximum Gasteiger partial charge on any atom is 0.160 e. The van der Waals surface area contributed by atoms with E-state index in [-0.39, 0.29) is 6.29 Å². The summed E-state index contributed by atoms with van der Waals surface area (Å²) in [5.74, 6) is 0. The monoisotopic (exact) mass is 144 g/mol. The van der Waals surface area contributed by atoms with Crippen molar-refractivity contribution in [1.29, 1.82) is 0 Å². The van der Waals surface area contributed by atoms with E-state index in [4.69, 9.17) is 9.47 Å². The average molecular weight is 144 g/mol. The Balaban J connectivity index is 3.34. The number of methoxy groups -OCH3 is 2. The first-order valence-electron chi connectivity index (χ1n) is 3.55. The lowest BCUT2D eigenvalue weighted by molar-refractivity contribution is -0.0986. The van der Waals surface area contributed by atoms with Gasteiger partial charge in [0.25, 0.3) is 0 Å². The van der Waals surface area contributed by atoms with Gasteiger partial charge in [-0.25, -0.2) is 0 Å². The zero-order valence-corrected chi connectivity index (χ0v) is 6.96. The van der Waals surface area contributed by atoms with Crippen LogP contribution in [0.2, 0.25) is 0 Å². The maximum absolute atomic E-state index is 4.97. The zero-order chi connectivity index (χ0) is 7.82. The molecule has 0 amide bonds. The molecular weight excluding hydrogens is 128 g/mol. The Kier molecular flexibility index (Phi) is 6.55. The number of ether oxygens (including phenoxy) is 2. The van der Waals surface area contributed by atoms with Crippen LogP contribution in [0.5, 0.6) is 0 Å². The van der Waals surface area contributed by atoms with Crippen LogP contribution < -0.4 is 0 Å². The topological polar surface area (TPSA) is 18.5 Å². The van der Waals surface area contributed by atoms with Gasteiger partial charge in [0.1, 0.15) is 0 Å². The highest BCUT2D eigenvalue weighted by molar-refractivity contribution is 4.80. The molecule has 2 heteroatoms. The van der Waals surface area contributed by atoms with Gasteiger partial charge in [-0.3, -0.25) is 0 Å². The fourth-order valence-corrected chi connectivity index (χ4v) is 0.663. The molecule has 0 unspecified atom stereocenters. The van der Waals surface area contributed by atoms with E-state index in [1.165, 1.54) is 0 Å². The number of hydrogen-bond acceptors (Lipinski definition) is 2. The lowest BCUT2D eigenvalue weighted by Crippen LogP contribution is -2.10. The molecule has 0 N–H and O–H groups in total. The molecule has 0 aromatic carbocycles. The van der Waals surface area contributed by atoms with E-state index in [1.807, 2.05) is 0 Å². The van der Waals surface area contributed by atoms with Crippen molar-refractivity contribution in [2.24, 2.45) is 0 Å². The highest BCUT2D eigenvalue weighted by Crippen LogP contribution is 1.98. The SMILES string of the molecule is CCC=CCC(OC)OC. The predicted molar refractivity (Wildman–Crippen MR) is 41.9 cm³/mol. The van der Waals surface area contributed by atoms with E-state index < -0.39 is 0 Å². The van der Waals surface area contributed by atoms with E-state index in [1.54, 1.807) is 14.2 Å². The Bertz CT molecular complexity index is 85.3. The lowest BCUT2D eigenvalue weighted by atomic mass is 10.3. The van der Waals surface area contributed by atoms with Crippen LogP contribution in [-0.4, -0.2) is 20.5 Å². The van der Waals surface area contributed by atoms with Crippen molar-refractivity contribution in [3.63, 3.8) is 0 Å². The number of hydrogen-bond donors (Lipinski definition) is 0. The van der Waals surface area contributed by atoms with E-state index >= 15 is 0 Å². The molecule has 0 heterocycles. The minimum absolute atomic E-state index is 0.0807. The summed E-state index contributed by atoms with van der Waals surface area (Å²) in [4.78, 5) is 0. The van der Waals surface area contributed by atoms with E-state index in [0.717, 1.165) is 12.8 Å². The van der Waals surface area contributed by atoms with E-state index in [0.29, 0.717) is 0 Å². The van der Waals surface area contributed by atoms with Crippen molar-refractivity contribution in [3.05, 3.63) is 12.2 Å². The maximum atomic E-state index is 4.97. The molecule has 0 aliphatic rings. The minimum atomic E-state index is -0.0807. The van der Waals surface area contributed by atoms with Gasteiger partial charge in [0.2, 0.25) is 0 Å². The Morgan fingerprint density at radius 1 is 1.20 bits per heavy atom. The average Bonchev–Trinajstić information content (AvgIpc) is 1.99. The molecule has 0 aliphatic heterocycles. The Morgan fingerprint density at radius 2 is 1.80 bits per heavy atom. The third-order valence-corrected chi connectivity index (χ3v) is 1.26. The van der Waals surface area contributed by atoms with Gasteiger partial charge in [0.05, 0.1) is 0 Å². The highest BCUT2D eigenvalue weighted by Gasteiger charge is 1.99. The van der Waals surface area contributed by atoms with Crippen molar-refractivity contribution in [1.82, 2.24) is 0 Å². The molecular formula is C8H16O2. The van der Waals surface area contributed by atoms with Crippen LogP contribution in [0.15, 0.2) is 12.2 Å². The molecule has 0 bridgehead atoms. The molecule has 0 fully saturated rings. The molecule has 0 aromatic heterocycles. The number of rotatable bonds is 5. The Hall–Kier alpha value is -0.340. The third kappa shape index (κ3) is 4.53. The van der Waals surface area contributed by atoms with Crippen molar-refractivity contribution in [2.75, 3.05) is 14.2 Å². The lowest BCUT2D eigenvalue weighted by Gasteiger charge is -2.09. The molecule has 0 saturated heterocycles. The van der Waals surface area contributed by atoms with Gasteiger partial charge in [-0.05, 0) is 6.42 Å². The summed E-state index contributed by atoms with van der Waals surface area (Å²) in [5.41, 5.74) is 0. The molecule has 60 valence electrons. The summed E-state index contributed by atoms with van der Waals surface area (Å²) >= 11 is 0. The molecule has 0 rings (SSSR count). The van der Waals surface area contributed by atoms with Crippen LogP contribution in [0, 0.1) is 0 Å². The first-order valence-corrected chi connectivity index (χ1v) is 3.55. The van der Waals surface area contributed by atoms with Crippen LogP contribution in [0.25, 0.3) is 0 Å². The van der Waals surface area contributed by atoms with Crippen molar-refractivity contribution < 1.29 is 9.47 Å². The standard InChI is InChI=1S/C8H16O2/c1-4-5-6-7-8(9-2)10-3/h5-6,8H,4,7H2,1-3H3. The van der Waals surface area contributed by atoms with E-state index in [9.17, 15) is 0 Å². The first kappa shape index (κ1) is 9.66. The fourth-order valence-electron chi connectivity index (χ4n) is 0.663. The van der Waals surface area contributed by atoms with Crippen LogP contribution in [0.1, 0.15) is 19.8 Å². The molecule has 0 aromatic rings. The summed E-state index contributed by atoms with van der Waals surface area (Å²) in [6.45, 7) is 2.10. The van der Waals surface area contributed by atoms with Gasteiger partial charge in [-0.1, -0.05) is 19.1 Å². The summed E-state index contributed by atoms with van der Waals surface area (Å²) in [7, 11) is 3.29. The molecule has 0 saturated carbocycles. The van der Waals surface area contributed by atoms with Gasteiger partial charge < -0.3 is 9.47 Å². The number of allylic oxidation sites excluding steroid dienone is 1. The van der Waals surface area contributed by atoms with Gasteiger partial charge in [-0.2, -0.15) is 0 Å². The van der Waals surface area contributed by atoms with Crippen molar-refractivity contribution in [3.8, 4) is 0 Å². The van der Waals surface area contributed by atoms with Crippen LogP contribution in [-0.2, 0) is 9.47 Å². The largest absolute Gasteiger partial charge is 0.356 e. The summed E-state index contributed by atoms with van der Waals surface area (Å²) < 4.78 is 9.95. The second kappa shape index (κ2) is 6.78. The molecule has 10 heavy (non-hydrogen) atoms. The van der Waals surface area contributed by atoms with Crippen LogP contribution >= 0.6 is 0 Å². The Labute approximate surface area is 62.8 Å². The normalized spacial score (nSPS) is 11.6. The Morgan fingerprint density at radius 3 is 2.20 bits per heavy atom. The molecule has 0 spiro atoms. The highest BCUT2D eigenvalue weighted by atomic mass is 16.7. The quantitative estimate of drug-likeness (QED) is 0.434. The van der Waals surface area contributed by atoms with Crippen molar-refractivity contribution >= 4 is 0 Å². The molecule has 2 nitrogen and oxygen atoms in total. The second-order valence-electron chi connectivity index (χ2n) is 2.02. The fraction of sp³-hybridized carbons (Fsp3) is 0.750. The third-order valence-electron chi connectivity index (χ3n) is 1.26. The van der Waals surface area contributed by atoms with E-state index in [2.05, 4.69) is 19.1 Å². The predicted octanol–water partition coefficient (Wildman–Crippen LogP) is 1.96. The van der Waals surface area contributed by atoms with Gasteiger partial charge >= 0.3 is 0 Å². The van der Waals surface area contributed by atoms with Gasteiger partial charge in [0, 0.05) is 20.6 Å². The first-order chi connectivity index (χ1) is 4.85. The van der Waals surface area contributed by atoms with Crippen molar-refractivity contribution in [2.45, 2.75) is 26.1 Å². The zero-order valence-electron chi connectivity index (χ0n) is 6.96. The van der Waals surface area contributed by atoms with Crippen LogP contribution in [0.4, 0.5) is 0 Å². The smallest absolute Gasteiger partial charge is 0.160 e. The molecule has 0 atom stereocenters. The van der Waals surface area contributed by atoms with Crippen LogP contribution in [0.3, 0.4) is 0 Å².